The SMILES string of the molecule is COC(=O)[C@@H]1Cc2nc(COCC[Si](C)(C)C)n(-n3nc(C4CCCCO4)c4ccc(-c5ccc(CCOCc6ccccc6)cc5F)cc43)c2CN1C(=O)O. The van der Waals surface area contributed by atoms with Crippen LogP contribution in [-0.4, -0.2) is 82.7 Å². The summed E-state index contributed by atoms with van der Waals surface area (Å²) >= 11 is 0. The normalized spacial score (nSPS) is 17.3. The number of aromatic nitrogens is 4. The first-order chi connectivity index (χ1) is 27.0. The molecule has 0 spiro atoms. The molecule has 7 rings (SSSR count). The lowest BCUT2D eigenvalue weighted by molar-refractivity contribution is -0.146. The molecule has 14 heteroatoms. The van der Waals surface area contributed by atoms with Gasteiger partial charge in [-0.1, -0.05) is 74.2 Å². The molecule has 3 aromatic carbocycles. The van der Waals surface area contributed by atoms with Crippen molar-refractivity contribution in [1.29, 1.82) is 0 Å². The lowest BCUT2D eigenvalue weighted by atomic mass is 9.99. The molecule has 4 heterocycles. The van der Waals surface area contributed by atoms with Crippen molar-refractivity contribution in [2.24, 2.45) is 0 Å². The van der Waals surface area contributed by atoms with E-state index in [2.05, 4.69) is 19.6 Å². The summed E-state index contributed by atoms with van der Waals surface area (Å²) in [6.45, 7) is 8.96. The number of nitrogens with zero attached hydrogens (tertiary/aromatic N) is 5. The summed E-state index contributed by atoms with van der Waals surface area (Å²) in [5, 5.41) is 16.2. The first-order valence-electron chi connectivity index (χ1n) is 19.3. The molecule has 1 unspecified atom stereocenters. The molecule has 56 heavy (non-hydrogen) atoms. The molecule has 2 aromatic heterocycles. The number of ether oxygens (including phenoxy) is 4. The number of fused-ring (bicyclic) bond motifs is 2. The summed E-state index contributed by atoms with van der Waals surface area (Å²) in [6, 6.07) is 20.9. The van der Waals surface area contributed by atoms with Gasteiger partial charge >= 0.3 is 12.1 Å². The van der Waals surface area contributed by atoms with Crippen LogP contribution >= 0.6 is 0 Å². The van der Waals surface area contributed by atoms with E-state index in [1.54, 1.807) is 21.6 Å². The number of rotatable bonds is 14. The second kappa shape index (κ2) is 17.1. The van der Waals surface area contributed by atoms with E-state index in [0.29, 0.717) is 66.7 Å². The lowest BCUT2D eigenvalue weighted by Gasteiger charge is -2.31. The van der Waals surface area contributed by atoms with E-state index in [9.17, 15) is 14.7 Å². The summed E-state index contributed by atoms with van der Waals surface area (Å²) in [5.74, 6) is -0.495. The highest BCUT2D eigenvalue weighted by atomic mass is 28.3. The van der Waals surface area contributed by atoms with E-state index in [-0.39, 0.29) is 31.5 Å². The van der Waals surface area contributed by atoms with E-state index >= 15 is 4.39 Å². The Kier molecular flexibility index (Phi) is 12.0. The van der Waals surface area contributed by atoms with Crippen LogP contribution in [0, 0.1) is 5.82 Å². The average Bonchev–Trinajstić information content (AvgIpc) is 3.74. The van der Waals surface area contributed by atoms with Gasteiger partial charge in [0.05, 0.1) is 43.8 Å². The molecule has 2 atom stereocenters. The fourth-order valence-corrected chi connectivity index (χ4v) is 8.14. The summed E-state index contributed by atoms with van der Waals surface area (Å²) < 4.78 is 41.1. The van der Waals surface area contributed by atoms with E-state index in [0.717, 1.165) is 52.4 Å². The number of imidazole rings is 1. The zero-order valence-corrected chi connectivity index (χ0v) is 33.5. The van der Waals surface area contributed by atoms with Crippen LogP contribution in [0.3, 0.4) is 0 Å². The maximum absolute atomic E-state index is 16.0. The highest BCUT2D eigenvalue weighted by Gasteiger charge is 2.40. The number of carbonyl (C=O) groups excluding carboxylic acids is 1. The maximum Gasteiger partial charge on any atom is 0.408 e. The van der Waals surface area contributed by atoms with Crippen molar-refractivity contribution in [3.8, 4) is 11.1 Å². The number of carbonyl (C=O) groups is 2. The van der Waals surface area contributed by atoms with Crippen LogP contribution in [0.15, 0.2) is 66.7 Å². The Morgan fingerprint density at radius 2 is 1.79 bits per heavy atom. The second-order valence-corrected chi connectivity index (χ2v) is 21.3. The average molecular weight is 784 g/mol. The van der Waals surface area contributed by atoms with Crippen LogP contribution in [-0.2, 0) is 56.3 Å². The van der Waals surface area contributed by atoms with Gasteiger partial charge in [0.15, 0.2) is 5.82 Å². The van der Waals surface area contributed by atoms with Crippen molar-refractivity contribution in [1.82, 2.24) is 24.4 Å². The molecule has 0 bridgehead atoms. The zero-order valence-electron chi connectivity index (χ0n) is 32.5. The standard InChI is InChI=1S/C42H50FN5O7Si/c1-52-41(49)36-24-34-37(25-46(36)42(50)51)47(39(44-34)27-54-20-21-56(2,3)4)48-35-23-30(14-16-32(35)40(45-48)38-12-8-9-18-55-38)31-15-13-28(22-33(31)43)17-19-53-26-29-10-6-5-7-11-29/h5-7,10-11,13-16,22-23,36,38H,8-9,12,17-21,24-27H2,1-4H3,(H,50,51)/t36-,38?/m0/s1. The maximum atomic E-state index is 16.0. The highest BCUT2D eigenvalue weighted by molar-refractivity contribution is 6.76. The number of hydrogen-bond donors (Lipinski definition) is 1. The van der Waals surface area contributed by atoms with Gasteiger partial charge in [-0.15, -0.1) is 0 Å². The predicted molar refractivity (Wildman–Crippen MR) is 211 cm³/mol. The highest BCUT2D eigenvalue weighted by Crippen LogP contribution is 2.36. The summed E-state index contributed by atoms with van der Waals surface area (Å²) in [4.78, 5) is 33.1. The van der Waals surface area contributed by atoms with E-state index in [4.69, 9.17) is 29.0 Å². The van der Waals surface area contributed by atoms with Gasteiger partial charge in [-0.05, 0) is 60.6 Å². The fraction of sp³-hybridized carbons (Fsp3) is 0.429. The van der Waals surface area contributed by atoms with Crippen molar-refractivity contribution < 1.29 is 38.0 Å². The molecular weight excluding hydrogens is 734 g/mol. The second-order valence-electron chi connectivity index (χ2n) is 15.7. The van der Waals surface area contributed by atoms with Crippen LogP contribution in [0.1, 0.15) is 59.4 Å². The van der Waals surface area contributed by atoms with Gasteiger partial charge in [-0.3, -0.25) is 4.90 Å². The zero-order chi connectivity index (χ0) is 39.4. The van der Waals surface area contributed by atoms with Gasteiger partial charge in [0.25, 0.3) is 0 Å². The van der Waals surface area contributed by atoms with E-state index in [1.165, 1.54) is 7.11 Å². The predicted octanol–water partition coefficient (Wildman–Crippen LogP) is 7.78. The molecule has 0 aliphatic carbocycles. The van der Waals surface area contributed by atoms with Gasteiger partial charge in [0, 0.05) is 38.7 Å². The van der Waals surface area contributed by atoms with Crippen LogP contribution in [0.2, 0.25) is 25.7 Å². The van der Waals surface area contributed by atoms with Crippen LogP contribution in [0.4, 0.5) is 9.18 Å². The minimum Gasteiger partial charge on any atom is -0.467 e. The number of halogens is 1. The largest absolute Gasteiger partial charge is 0.467 e. The summed E-state index contributed by atoms with van der Waals surface area (Å²) in [7, 11) is -0.150. The number of carboxylic acid groups (broad SMARTS) is 1. The van der Waals surface area contributed by atoms with Gasteiger partial charge in [-0.25, -0.2) is 23.6 Å². The molecule has 2 aliphatic heterocycles. The molecular formula is C42H50FN5O7Si. The smallest absolute Gasteiger partial charge is 0.408 e. The topological polar surface area (TPSA) is 130 Å². The number of benzene rings is 3. The Morgan fingerprint density at radius 3 is 2.50 bits per heavy atom. The van der Waals surface area contributed by atoms with Crippen molar-refractivity contribution in [3.05, 3.63) is 107 Å². The van der Waals surface area contributed by atoms with E-state index < -0.39 is 26.2 Å². The third-order valence-corrected chi connectivity index (χ3v) is 12.2. The minimum atomic E-state index is -1.39. The van der Waals surface area contributed by atoms with Gasteiger partial charge in [0.1, 0.15) is 30.3 Å². The molecule has 5 aromatic rings. The molecule has 12 nitrogen and oxygen atoms in total. The molecule has 1 fully saturated rings. The number of amides is 1. The van der Waals surface area contributed by atoms with Crippen LogP contribution in [0.5, 0.6) is 0 Å². The van der Waals surface area contributed by atoms with E-state index in [1.807, 2.05) is 54.6 Å². The monoisotopic (exact) mass is 783 g/mol. The molecule has 1 amide bonds. The number of hydrogen-bond acceptors (Lipinski definition) is 8. The van der Waals surface area contributed by atoms with Gasteiger partial charge in [-0.2, -0.15) is 9.89 Å². The Bertz CT molecular complexity index is 2180. The molecule has 1 N–H and O–H groups in total. The summed E-state index contributed by atoms with van der Waals surface area (Å²) in [6.07, 6.45) is 1.84. The third kappa shape index (κ3) is 8.73. The Morgan fingerprint density at radius 1 is 0.982 bits per heavy atom. The van der Waals surface area contributed by atoms with Crippen LogP contribution in [0.25, 0.3) is 22.0 Å². The quantitative estimate of drug-likeness (QED) is 0.0682. The number of esters is 1. The summed E-state index contributed by atoms with van der Waals surface area (Å²) in [5.41, 5.74) is 5.54. The lowest BCUT2D eigenvalue weighted by Crippen LogP contribution is -2.49. The molecule has 2 aliphatic rings. The third-order valence-electron chi connectivity index (χ3n) is 10.5. The van der Waals surface area contributed by atoms with Crippen molar-refractivity contribution >= 4 is 31.0 Å². The van der Waals surface area contributed by atoms with Crippen molar-refractivity contribution in [2.45, 2.75) is 89.7 Å². The Labute approximate surface area is 327 Å². The molecule has 0 radical (unpaired) electrons. The first kappa shape index (κ1) is 39.3. The fourth-order valence-electron chi connectivity index (χ4n) is 7.38. The molecule has 0 saturated carbocycles. The molecule has 296 valence electrons. The van der Waals surface area contributed by atoms with Crippen LogP contribution < -0.4 is 0 Å². The van der Waals surface area contributed by atoms with Gasteiger partial charge < -0.3 is 24.1 Å². The number of methoxy groups -OCH3 is 1. The molecule has 1 saturated heterocycles. The first-order valence-corrected chi connectivity index (χ1v) is 23.0. The van der Waals surface area contributed by atoms with Crippen molar-refractivity contribution in [2.75, 3.05) is 26.9 Å². The Balaban J connectivity index is 1.27. The van der Waals surface area contributed by atoms with Gasteiger partial charge in [0.2, 0.25) is 0 Å². The Hall–Kier alpha value is -4.89. The van der Waals surface area contributed by atoms with Crippen molar-refractivity contribution in [3.63, 3.8) is 0 Å². The minimum absolute atomic E-state index is 0.0289.